The Balaban J connectivity index is 0.000000151. The summed E-state index contributed by atoms with van der Waals surface area (Å²) in [7, 11) is 3.71. The van der Waals surface area contributed by atoms with E-state index >= 15 is 0 Å². The van der Waals surface area contributed by atoms with E-state index in [1.807, 2.05) is 50.8 Å². The Morgan fingerprint density at radius 1 is 0.808 bits per heavy atom. The molecule has 0 saturated carbocycles. The smallest absolute Gasteiger partial charge is 0.222 e. The van der Waals surface area contributed by atoms with Crippen LogP contribution in [-0.2, 0) is 9.59 Å². The Hall–Kier alpha value is -2.76. The standard InChI is InChI=1S/2C10H12N2O/c2*1-12-9(4-5-10(12)13)8-3-2-6-11-7-8/h2*2-3,6-7,9H,4-5H2,1H3/t9-;/m0./s1. The highest BCUT2D eigenvalue weighted by atomic mass is 16.2. The molecule has 0 aliphatic carbocycles. The SMILES string of the molecule is CN1C(=O)CCC1c1cccnc1.CN1C(=O)CC[C@H]1c1cccnc1. The van der Waals surface area contributed by atoms with Gasteiger partial charge in [-0.25, -0.2) is 0 Å². The fourth-order valence-electron chi connectivity index (χ4n) is 3.53. The molecule has 0 aromatic carbocycles. The van der Waals surface area contributed by atoms with Crippen LogP contribution in [0.5, 0.6) is 0 Å². The second kappa shape index (κ2) is 8.08. The lowest BCUT2D eigenvalue weighted by Gasteiger charge is -2.19. The van der Waals surface area contributed by atoms with Crippen LogP contribution in [0.1, 0.15) is 48.9 Å². The van der Waals surface area contributed by atoms with E-state index in [9.17, 15) is 9.59 Å². The molecule has 2 atom stereocenters. The van der Waals surface area contributed by atoms with E-state index in [-0.39, 0.29) is 23.9 Å². The van der Waals surface area contributed by atoms with Crippen molar-refractivity contribution in [3.05, 3.63) is 60.2 Å². The molecule has 2 aromatic heterocycles. The minimum Gasteiger partial charge on any atom is -0.339 e. The van der Waals surface area contributed by atoms with Crippen LogP contribution in [0.2, 0.25) is 0 Å². The first kappa shape index (κ1) is 18.0. The number of aromatic nitrogens is 2. The van der Waals surface area contributed by atoms with E-state index in [1.165, 1.54) is 0 Å². The molecule has 4 rings (SSSR count). The Morgan fingerprint density at radius 3 is 1.50 bits per heavy atom. The van der Waals surface area contributed by atoms with Crippen molar-refractivity contribution in [3.63, 3.8) is 0 Å². The zero-order chi connectivity index (χ0) is 18.5. The van der Waals surface area contributed by atoms with Crippen LogP contribution >= 0.6 is 0 Å². The van der Waals surface area contributed by atoms with Gasteiger partial charge in [0.15, 0.2) is 0 Å². The Labute approximate surface area is 153 Å². The Morgan fingerprint density at radius 2 is 1.23 bits per heavy atom. The summed E-state index contributed by atoms with van der Waals surface area (Å²) in [5.74, 6) is 0.461. The fraction of sp³-hybridized carbons (Fsp3) is 0.400. The van der Waals surface area contributed by atoms with Gasteiger partial charge < -0.3 is 9.80 Å². The number of carbonyl (C=O) groups excluding carboxylic acids is 2. The summed E-state index contributed by atoms with van der Waals surface area (Å²) in [6.45, 7) is 0. The highest BCUT2D eigenvalue weighted by Crippen LogP contribution is 2.31. The Bertz CT molecular complexity index is 685. The summed E-state index contributed by atoms with van der Waals surface area (Å²) in [6.07, 6.45) is 10.3. The van der Waals surface area contributed by atoms with E-state index < -0.39 is 0 Å². The zero-order valence-corrected chi connectivity index (χ0v) is 15.2. The average molecular weight is 352 g/mol. The molecule has 2 aliphatic rings. The van der Waals surface area contributed by atoms with E-state index in [1.54, 1.807) is 22.2 Å². The van der Waals surface area contributed by atoms with Crippen LogP contribution in [0.25, 0.3) is 0 Å². The normalized spacial score (nSPS) is 22.4. The molecule has 136 valence electrons. The van der Waals surface area contributed by atoms with Crippen molar-refractivity contribution in [1.29, 1.82) is 0 Å². The number of likely N-dealkylation sites (tertiary alicyclic amines) is 2. The molecule has 6 nitrogen and oxygen atoms in total. The topological polar surface area (TPSA) is 66.4 Å². The van der Waals surface area contributed by atoms with Crippen LogP contribution < -0.4 is 0 Å². The van der Waals surface area contributed by atoms with Gasteiger partial charge in [-0.1, -0.05) is 12.1 Å². The first-order valence-corrected chi connectivity index (χ1v) is 8.89. The summed E-state index contributed by atoms with van der Waals surface area (Å²) in [4.78, 5) is 34.2. The van der Waals surface area contributed by atoms with E-state index in [4.69, 9.17) is 0 Å². The summed E-state index contributed by atoms with van der Waals surface area (Å²) in [5.41, 5.74) is 2.27. The van der Waals surface area contributed by atoms with Crippen molar-refractivity contribution in [2.45, 2.75) is 37.8 Å². The predicted octanol–water partition coefficient (Wildman–Crippen LogP) is 2.75. The van der Waals surface area contributed by atoms with Crippen molar-refractivity contribution in [3.8, 4) is 0 Å². The van der Waals surface area contributed by atoms with Crippen molar-refractivity contribution < 1.29 is 9.59 Å². The highest BCUT2D eigenvalue weighted by Gasteiger charge is 2.29. The van der Waals surface area contributed by atoms with Crippen LogP contribution in [0.15, 0.2) is 49.1 Å². The van der Waals surface area contributed by atoms with Crippen molar-refractivity contribution in [2.24, 2.45) is 0 Å². The third-order valence-corrected chi connectivity index (χ3v) is 5.12. The Kier molecular flexibility index (Phi) is 5.61. The van der Waals surface area contributed by atoms with Gasteiger partial charge in [0.2, 0.25) is 11.8 Å². The first-order valence-electron chi connectivity index (χ1n) is 8.89. The summed E-state index contributed by atoms with van der Waals surface area (Å²) < 4.78 is 0. The number of rotatable bonds is 2. The van der Waals surface area contributed by atoms with Crippen molar-refractivity contribution in [2.75, 3.05) is 14.1 Å². The van der Waals surface area contributed by atoms with Gasteiger partial charge in [0.25, 0.3) is 0 Å². The van der Waals surface area contributed by atoms with Crippen LogP contribution in [0.4, 0.5) is 0 Å². The summed E-state index contributed by atoms with van der Waals surface area (Å²) >= 11 is 0. The van der Waals surface area contributed by atoms with Gasteiger partial charge in [-0.3, -0.25) is 19.6 Å². The van der Waals surface area contributed by atoms with Crippen LogP contribution in [0.3, 0.4) is 0 Å². The third kappa shape index (κ3) is 3.90. The maximum Gasteiger partial charge on any atom is 0.222 e. The molecule has 4 heterocycles. The van der Waals surface area contributed by atoms with Gasteiger partial charge in [0, 0.05) is 51.7 Å². The second-order valence-corrected chi connectivity index (χ2v) is 6.69. The van der Waals surface area contributed by atoms with Crippen LogP contribution in [-0.4, -0.2) is 45.7 Å². The largest absolute Gasteiger partial charge is 0.339 e. The third-order valence-electron chi connectivity index (χ3n) is 5.12. The number of pyridine rings is 2. The molecule has 2 saturated heterocycles. The molecule has 2 amide bonds. The average Bonchev–Trinajstić information content (AvgIpc) is 3.19. The molecule has 1 unspecified atom stereocenters. The maximum absolute atomic E-state index is 11.3. The molecule has 0 radical (unpaired) electrons. The van der Waals surface area contributed by atoms with E-state index in [0.717, 1.165) is 24.0 Å². The number of hydrogen-bond acceptors (Lipinski definition) is 4. The zero-order valence-electron chi connectivity index (χ0n) is 15.2. The van der Waals surface area contributed by atoms with Gasteiger partial charge in [0.1, 0.15) is 0 Å². The molecule has 0 spiro atoms. The molecule has 2 aromatic rings. The van der Waals surface area contributed by atoms with Crippen LogP contribution in [0, 0.1) is 0 Å². The maximum atomic E-state index is 11.3. The first-order chi connectivity index (χ1) is 12.6. The van der Waals surface area contributed by atoms with Gasteiger partial charge in [-0.05, 0) is 36.1 Å². The molecule has 0 bridgehead atoms. The lowest BCUT2D eigenvalue weighted by Crippen LogP contribution is -2.22. The molecule has 6 heteroatoms. The minimum atomic E-state index is 0.230. The van der Waals surface area contributed by atoms with Gasteiger partial charge in [-0.2, -0.15) is 0 Å². The summed E-state index contributed by atoms with van der Waals surface area (Å²) in [6, 6.07) is 8.33. The number of carbonyl (C=O) groups is 2. The molecular formula is C20H24N4O2. The predicted molar refractivity (Wildman–Crippen MR) is 98.0 cm³/mol. The second-order valence-electron chi connectivity index (χ2n) is 6.69. The lowest BCUT2D eigenvalue weighted by molar-refractivity contribution is -0.128. The minimum absolute atomic E-state index is 0.230. The molecule has 26 heavy (non-hydrogen) atoms. The van der Waals surface area contributed by atoms with E-state index in [2.05, 4.69) is 9.97 Å². The molecule has 0 N–H and O–H groups in total. The highest BCUT2D eigenvalue weighted by molar-refractivity contribution is 5.79. The number of nitrogens with zero attached hydrogens (tertiary/aromatic N) is 4. The monoisotopic (exact) mass is 352 g/mol. The van der Waals surface area contributed by atoms with E-state index in [0.29, 0.717) is 12.8 Å². The van der Waals surface area contributed by atoms with Gasteiger partial charge in [-0.15, -0.1) is 0 Å². The quantitative estimate of drug-likeness (QED) is 0.833. The fourth-order valence-corrected chi connectivity index (χ4v) is 3.53. The molecule has 2 aliphatic heterocycles. The number of amides is 2. The van der Waals surface area contributed by atoms with Gasteiger partial charge in [0.05, 0.1) is 12.1 Å². The summed E-state index contributed by atoms with van der Waals surface area (Å²) in [5, 5.41) is 0. The lowest BCUT2D eigenvalue weighted by atomic mass is 10.1. The van der Waals surface area contributed by atoms with Crippen molar-refractivity contribution >= 4 is 11.8 Å². The molecular weight excluding hydrogens is 328 g/mol. The molecule has 2 fully saturated rings. The van der Waals surface area contributed by atoms with Crippen molar-refractivity contribution in [1.82, 2.24) is 19.8 Å². The number of hydrogen-bond donors (Lipinski definition) is 0. The van der Waals surface area contributed by atoms with Gasteiger partial charge >= 0.3 is 0 Å².